The Kier molecular flexibility index (Phi) is 3.98. The van der Waals surface area contributed by atoms with E-state index in [1.165, 1.54) is 22.9 Å². The van der Waals surface area contributed by atoms with Gasteiger partial charge in [-0.2, -0.15) is 0 Å². The number of hydrogen-bond acceptors (Lipinski definition) is 6. The Bertz CT molecular complexity index is 693. The summed E-state index contributed by atoms with van der Waals surface area (Å²) in [5, 5.41) is 11.0. The van der Waals surface area contributed by atoms with Gasteiger partial charge in [-0.1, -0.05) is 6.92 Å². The molecule has 7 nitrogen and oxygen atoms in total. The summed E-state index contributed by atoms with van der Waals surface area (Å²) in [4.78, 5) is 0. The first-order chi connectivity index (χ1) is 9.41. The topological polar surface area (TPSA) is 104 Å². The summed E-state index contributed by atoms with van der Waals surface area (Å²) in [6, 6.07) is 3.95. The smallest absolute Gasteiger partial charge is 0.182 e. The number of aryl methyl sites for hydroxylation is 1. The Morgan fingerprint density at radius 1 is 1.35 bits per heavy atom. The van der Waals surface area contributed by atoms with Crippen molar-refractivity contribution in [2.75, 3.05) is 17.2 Å². The Balaban J connectivity index is 2.29. The van der Waals surface area contributed by atoms with Crippen molar-refractivity contribution in [2.45, 2.75) is 13.5 Å². The van der Waals surface area contributed by atoms with E-state index in [0.717, 1.165) is 0 Å². The van der Waals surface area contributed by atoms with Crippen LogP contribution in [-0.2, 0) is 16.4 Å². The van der Waals surface area contributed by atoms with E-state index in [2.05, 4.69) is 15.5 Å². The molecule has 0 atom stereocenters. The average molecular weight is 299 g/mol. The van der Waals surface area contributed by atoms with Gasteiger partial charge in [0.1, 0.15) is 5.82 Å². The normalized spacial score (nSPS) is 11.7. The second-order valence-electron chi connectivity index (χ2n) is 4.24. The minimum atomic E-state index is -3.13. The van der Waals surface area contributed by atoms with Crippen LogP contribution in [0.5, 0.6) is 0 Å². The zero-order valence-electron chi connectivity index (χ0n) is 10.8. The molecule has 0 fully saturated rings. The molecule has 9 heteroatoms. The van der Waals surface area contributed by atoms with Crippen molar-refractivity contribution in [2.24, 2.45) is 0 Å². The van der Waals surface area contributed by atoms with Crippen molar-refractivity contribution in [3.63, 3.8) is 0 Å². The molecular weight excluding hydrogens is 285 g/mol. The number of nitrogens with two attached hydrogens (primary N) is 1. The minimum Gasteiger partial charge on any atom is -0.399 e. The lowest BCUT2D eigenvalue weighted by molar-refractivity contribution is 0.577. The van der Waals surface area contributed by atoms with Crippen LogP contribution < -0.4 is 5.73 Å². The SMILES string of the molecule is CCS(=O)(=O)CCn1nnnc1-c1cc(N)cc(F)c1. The van der Waals surface area contributed by atoms with E-state index in [1.54, 1.807) is 6.92 Å². The van der Waals surface area contributed by atoms with Gasteiger partial charge in [0, 0.05) is 17.0 Å². The quantitative estimate of drug-likeness (QED) is 0.806. The maximum atomic E-state index is 13.3. The lowest BCUT2D eigenvalue weighted by Gasteiger charge is -2.05. The highest BCUT2D eigenvalue weighted by Crippen LogP contribution is 2.20. The molecule has 0 aliphatic carbocycles. The molecule has 0 saturated heterocycles. The van der Waals surface area contributed by atoms with Crippen LogP contribution in [0, 0.1) is 5.82 Å². The number of anilines is 1. The van der Waals surface area contributed by atoms with Crippen LogP contribution in [0.15, 0.2) is 18.2 Å². The molecule has 0 bridgehead atoms. The van der Waals surface area contributed by atoms with Crippen molar-refractivity contribution >= 4 is 15.5 Å². The molecule has 1 aromatic carbocycles. The zero-order chi connectivity index (χ0) is 14.8. The minimum absolute atomic E-state index is 0.0529. The molecule has 1 aromatic heterocycles. The highest BCUT2D eigenvalue weighted by molar-refractivity contribution is 7.91. The predicted molar refractivity (Wildman–Crippen MR) is 72.0 cm³/mol. The summed E-state index contributed by atoms with van der Waals surface area (Å²) in [6.07, 6.45) is 0. The number of halogens is 1. The van der Waals surface area contributed by atoms with Crippen molar-refractivity contribution < 1.29 is 12.8 Å². The molecule has 2 N–H and O–H groups in total. The van der Waals surface area contributed by atoms with E-state index in [-0.39, 0.29) is 29.6 Å². The van der Waals surface area contributed by atoms with E-state index in [0.29, 0.717) is 5.56 Å². The van der Waals surface area contributed by atoms with Crippen LogP contribution in [-0.4, -0.2) is 40.1 Å². The molecular formula is C11H14FN5O2S. The Hall–Kier alpha value is -2.03. The van der Waals surface area contributed by atoms with Gasteiger partial charge in [-0.3, -0.25) is 0 Å². The third kappa shape index (κ3) is 3.29. The number of nitrogens with zero attached hydrogens (tertiary/aromatic N) is 4. The van der Waals surface area contributed by atoms with E-state index < -0.39 is 15.7 Å². The molecule has 0 spiro atoms. The van der Waals surface area contributed by atoms with Crippen molar-refractivity contribution in [1.82, 2.24) is 20.2 Å². The van der Waals surface area contributed by atoms with Gasteiger partial charge in [0.25, 0.3) is 0 Å². The third-order valence-electron chi connectivity index (χ3n) is 2.76. The fraction of sp³-hybridized carbons (Fsp3) is 0.364. The summed E-state index contributed by atoms with van der Waals surface area (Å²) < 4.78 is 37.6. The van der Waals surface area contributed by atoms with E-state index in [4.69, 9.17) is 5.73 Å². The Morgan fingerprint density at radius 3 is 2.75 bits per heavy atom. The van der Waals surface area contributed by atoms with Gasteiger partial charge >= 0.3 is 0 Å². The van der Waals surface area contributed by atoms with Crippen LogP contribution in [0.3, 0.4) is 0 Å². The summed E-state index contributed by atoms with van der Waals surface area (Å²) in [5.74, 6) is -0.248. The molecule has 2 aromatic rings. The number of tetrazole rings is 1. The highest BCUT2D eigenvalue weighted by atomic mass is 32.2. The van der Waals surface area contributed by atoms with Gasteiger partial charge in [0.2, 0.25) is 0 Å². The van der Waals surface area contributed by atoms with Gasteiger partial charge in [-0.05, 0) is 28.6 Å². The van der Waals surface area contributed by atoms with Crippen LogP contribution in [0.4, 0.5) is 10.1 Å². The molecule has 108 valence electrons. The lowest BCUT2D eigenvalue weighted by atomic mass is 10.2. The van der Waals surface area contributed by atoms with E-state index >= 15 is 0 Å². The number of nitrogen functional groups attached to an aromatic ring is 1. The number of sulfone groups is 1. The van der Waals surface area contributed by atoms with Crippen LogP contribution in [0.25, 0.3) is 11.4 Å². The van der Waals surface area contributed by atoms with E-state index in [9.17, 15) is 12.8 Å². The average Bonchev–Trinajstić information content (AvgIpc) is 2.84. The fourth-order valence-corrected chi connectivity index (χ4v) is 2.41. The predicted octanol–water partition coefficient (Wildman–Crippen LogP) is 0.496. The number of benzene rings is 1. The maximum Gasteiger partial charge on any atom is 0.182 e. The van der Waals surface area contributed by atoms with Gasteiger partial charge in [0.05, 0.1) is 12.3 Å². The molecule has 0 unspecified atom stereocenters. The number of hydrogen-bond donors (Lipinski definition) is 1. The van der Waals surface area contributed by atoms with Gasteiger partial charge < -0.3 is 5.73 Å². The van der Waals surface area contributed by atoms with Gasteiger partial charge in [-0.25, -0.2) is 17.5 Å². The van der Waals surface area contributed by atoms with Gasteiger partial charge in [0.15, 0.2) is 15.7 Å². The molecule has 0 saturated carbocycles. The Morgan fingerprint density at radius 2 is 2.10 bits per heavy atom. The van der Waals surface area contributed by atoms with Crippen LogP contribution in [0.1, 0.15) is 6.92 Å². The molecule has 0 amide bonds. The fourth-order valence-electron chi connectivity index (χ4n) is 1.67. The maximum absolute atomic E-state index is 13.3. The van der Waals surface area contributed by atoms with Crippen molar-refractivity contribution in [3.05, 3.63) is 24.0 Å². The standard InChI is InChI=1S/C11H14FN5O2S/c1-2-20(18,19)4-3-17-11(14-15-16-17)8-5-9(12)7-10(13)6-8/h5-7H,2-4,13H2,1H3. The summed E-state index contributed by atoms with van der Waals surface area (Å²) in [5.41, 5.74) is 6.22. The molecule has 0 radical (unpaired) electrons. The number of rotatable bonds is 5. The largest absolute Gasteiger partial charge is 0.399 e. The third-order valence-corrected chi connectivity index (χ3v) is 4.45. The molecule has 0 aliphatic rings. The van der Waals surface area contributed by atoms with E-state index in [1.807, 2.05) is 0 Å². The molecule has 2 rings (SSSR count). The second-order valence-corrected chi connectivity index (χ2v) is 6.71. The first-order valence-corrected chi connectivity index (χ1v) is 7.76. The monoisotopic (exact) mass is 299 g/mol. The lowest BCUT2D eigenvalue weighted by Crippen LogP contribution is -2.16. The summed E-state index contributed by atoms with van der Waals surface area (Å²) in [6.45, 7) is 1.68. The van der Waals surface area contributed by atoms with Crippen molar-refractivity contribution in [3.8, 4) is 11.4 Å². The van der Waals surface area contributed by atoms with Crippen molar-refractivity contribution in [1.29, 1.82) is 0 Å². The second kappa shape index (κ2) is 5.53. The molecule has 1 heterocycles. The Labute approximate surface area is 115 Å². The zero-order valence-corrected chi connectivity index (χ0v) is 11.6. The van der Waals surface area contributed by atoms with Crippen LogP contribution in [0.2, 0.25) is 0 Å². The molecule has 0 aliphatic heterocycles. The molecule has 20 heavy (non-hydrogen) atoms. The van der Waals surface area contributed by atoms with Gasteiger partial charge in [-0.15, -0.1) is 5.10 Å². The first kappa shape index (κ1) is 14.4. The summed E-state index contributed by atoms with van der Waals surface area (Å²) >= 11 is 0. The summed E-state index contributed by atoms with van der Waals surface area (Å²) in [7, 11) is -3.13. The van der Waals surface area contributed by atoms with Crippen LogP contribution >= 0.6 is 0 Å². The highest BCUT2D eigenvalue weighted by Gasteiger charge is 2.14. The number of aromatic nitrogens is 4. The first-order valence-electron chi connectivity index (χ1n) is 5.94.